The van der Waals surface area contributed by atoms with Crippen molar-refractivity contribution in [2.75, 3.05) is 23.4 Å². The molecule has 1 amide bonds. The summed E-state index contributed by atoms with van der Waals surface area (Å²) in [6.45, 7) is 5.90. The quantitative estimate of drug-likeness (QED) is 0.425. The van der Waals surface area contributed by atoms with Gasteiger partial charge in [0.15, 0.2) is 9.84 Å². The lowest BCUT2D eigenvalue weighted by molar-refractivity contribution is -0.383. The molecule has 12 nitrogen and oxygen atoms in total. The monoisotopic (exact) mass is 522 g/mol. The number of hydrogen-bond acceptors (Lipinski definition) is 10. The van der Waals surface area contributed by atoms with Crippen LogP contribution in [0.2, 0.25) is 0 Å². The van der Waals surface area contributed by atoms with Gasteiger partial charge < -0.3 is 20.3 Å². The lowest BCUT2D eigenvalue weighted by Gasteiger charge is -2.35. The number of halogens is 1. The normalized spacial score (nSPS) is 21.4. The van der Waals surface area contributed by atoms with Crippen LogP contribution in [0.1, 0.15) is 33.6 Å². The van der Waals surface area contributed by atoms with Crippen molar-refractivity contribution in [3.8, 4) is 0 Å². The van der Waals surface area contributed by atoms with Gasteiger partial charge in [0.05, 0.1) is 21.5 Å². The van der Waals surface area contributed by atoms with Gasteiger partial charge in [0, 0.05) is 18.8 Å². The van der Waals surface area contributed by atoms with Crippen LogP contribution in [0.15, 0.2) is 29.4 Å². The molecule has 2 heterocycles. The van der Waals surface area contributed by atoms with Gasteiger partial charge in [0.2, 0.25) is 11.6 Å². The summed E-state index contributed by atoms with van der Waals surface area (Å²) in [5.74, 6) is -1.04. The molecule has 1 aliphatic carbocycles. The highest BCUT2D eigenvalue weighted by Crippen LogP contribution is 2.41. The first-order valence-electron chi connectivity index (χ1n) is 11.2. The van der Waals surface area contributed by atoms with E-state index in [9.17, 15) is 27.7 Å². The van der Waals surface area contributed by atoms with Gasteiger partial charge in [-0.05, 0) is 57.7 Å². The van der Waals surface area contributed by atoms with Crippen molar-refractivity contribution in [2.24, 2.45) is 5.92 Å². The number of nitrogens with zero attached hydrogens (tertiary/aromatic N) is 4. The maximum atomic E-state index is 14.6. The predicted octanol–water partition coefficient (Wildman–Crippen LogP) is 3.48. The van der Waals surface area contributed by atoms with Crippen LogP contribution in [0.4, 0.5) is 32.2 Å². The summed E-state index contributed by atoms with van der Waals surface area (Å²) in [4.78, 5) is 33.3. The molecule has 2 fully saturated rings. The van der Waals surface area contributed by atoms with Crippen LogP contribution in [-0.2, 0) is 14.6 Å². The van der Waals surface area contributed by atoms with E-state index in [4.69, 9.17) is 4.74 Å². The van der Waals surface area contributed by atoms with Crippen molar-refractivity contribution < 1.29 is 27.3 Å². The maximum absolute atomic E-state index is 14.6. The number of hydrogen-bond donors (Lipinski definition) is 2. The SMILES string of the molecule is CC(C)(C)OC(=O)N1CC2CC(Nc3ncnc(Nc4ccc(S(C)(=O)=O)cc4F)c3[N+](=O)[O-])C1C2. The van der Waals surface area contributed by atoms with Crippen molar-refractivity contribution >= 4 is 38.9 Å². The van der Waals surface area contributed by atoms with Gasteiger partial charge in [-0.2, -0.15) is 0 Å². The molecule has 2 bridgehead atoms. The number of sulfone groups is 1. The third-order valence-electron chi connectivity index (χ3n) is 6.06. The molecule has 194 valence electrons. The van der Waals surface area contributed by atoms with Gasteiger partial charge in [-0.25, -0.2) is 27.6 Å². The van der Waals surface area contributed by atoms with Crippen LogP contribution in [0.3, 0.4) is 0 Å². The number of anilines is 3. The minimum atomic E-state index is -3.63. The second-order valence-electron chi connectivity index (χ2n) is 10.0. The molecule has 1 saturated carbocycles. The zero-order chi connectivity index (χ0) is 26.4. The molecule has 1 aliphatic heterocycles. The van der Waals surface area contributed by atoms with Gasteiger partial charge in [0.25, 0.3) is 0 Å². The van der Waals surface area contributed by atoms with Crippen molar-refractivity contribution in [1.29, 1.82) is 0 Å². The lowest BCUT2D eigenvalue weighted by atomic mass is 10.1. The van der Waals surface area contributed by atoms with E-state index in [0.29, 0.717) is 13.0 Å². The molecular formula is C22H27FN6O6S. The first-order valence-corrected chi connectivity index (χ1v) is 13.1. The number of rotatable bonds is 6. The number of nitro groups is 1. The topological polar surface area (TPSA) is 157 Å². The van der Waals surface area contributed by atoms with Gasteiger partial charge in [0.1, 0.15) is 17.7 Å². The van der Waals surface area contributed by atoms with E-state index < -0.39 is 38.0 Å². The first kappa shape index (κ1) is 25.5. The number of nitrogens with one attached hydrogen (secondary N) is 2. The summed E-state index contributed by atoms with van der Waals surface area (Å²) in [5, 5.41) is 17.6. The highest BCUT2D eigenvalue weighted by molar-refractivity contribution is 7.90. The summed E-state index contributed by atoms with van der Waals surface area (Å²) in [6.07, 6.45) is 3.03. The van der Waals surface area contributed by atoms with Crippen molar-refractivity contribution in [3.63, 3.8) is 0 Å². The second kappa shape index (κ2) is 9.15. The van der Waals surface area contributed by atoms with Crippen LogP contribution in [0.5, 0.6) is 0 Å². The standard InChI is InChI=1S/C22H27FN6O6S/c1-22(2,3)35-21(30)28-10-12-7-16(17(28)8-12)27-20-18(29(31)32)19(24-11-25-20)26-15-6-5-13(9-14(15)23)36(4,33)34/h5-6,9,11-12,16-17H,7-8,10H2,1-4H3,(H2,24,25,26,27). The average molecular weight is 523 g/mol. The summed E-state index contributed by atoms with van der Waals surface area (Å²) in [7, 11) is -3.63. The number of amides is 1. The molecule has 36 heavy (non-hydrogen) atoms. The molecule has 0 radical (unpaired) electrons. The van der Waals surface area contributed by atoms with E-state index in [-0.39, 0.29) is 40.2 Å². The van der Waals surface area contributed by atoms with E-state index in [0.717, 1.165) is 25.1 Å². The molecular weight excluding hydrogens is 495 g/mol. The summed E-state index contributed by atoms with van der Waals surface area (Å²) in [5.41, 5.74) is -1.34. The van der Waals surface area contributed by atoms with Gasteiger partial charge in [-0.3, -0.25) is 10.1 Å². The fraction of sp³-hybridized carbons (Fsp3) is 0.500. The largest absolute Gasteiger partial charge is 0.444 e. The van der Waals surface area contributed by atoms with Crippen molar-refractivity contribution in [1.82, 2.24) is 14.9 Å². The number of fused-ring (bicyclic) bond motifs is 2. The second-order valence-corrected chi connectivity index (χ2v) is 12.0. The Morgan fingerprint density at radius 3 is 2.53 bits per heavy atom. The van der Waals surface area contributed by atoms with Crippen LogP contribution in [0, 0.1) is 21.8 Å². The van der Waals surface area contributed by atoms with Crippen LogP contribution < -0.4 is 10.6 Å². The van der Waals surface area contributed by atoms with Crippen molar-refractivity contribution in [3.05, 3.63) is 40.5 Å². The predicted molar refractivity (Wildman–Crippen MR) is 128 cm³/mol. The van der Waals surface area contributed by atoms with Gasteiger partial charge in [-0.15, -0.1) is 0 Å². The molecule has 1 aromatic heterocycles. The van der Waals surface area contributed by atoms with E-state index in [1.807, 2.05) is 0 Å². The molecule has 2 N–H and O–H groups in total. The summed E-state index contributed by atoms with van der Waals surface area (Å²) in [6, 6.07) is 2.65. The number of ether oxygens (including phenoxy) is 1. The molecule has 3 atom stereocenters. The van der Waals surface area contributed by atoms with E-state index in [1.165, 1.54) is 12.1 Å². The molecule has 2 aromatic rings. The van der Waals surface area contributed by atoms with Gasteiger partial charge >= 0.3 is 11.8 Å². The molecule has 3 unspecified atom stereocenters. The van der Waals surface area contributed by atoms with Crippen LogP contribution in [0.25, 0.3) is 0 Å². The smallest absolute Gasteiger partial charge is 0.410 e. The van der Waals surface area contributed by atoms with E-state index in [1.54, 1.807) is 25.7 Å². The summed E-state index contributed by atoms with van der Waals surface area (Å²) < 4.78 is 43.4. The van der Waals surface area contributed by atoms with Crippen LogP contribution in [-0.4, -0.2) is 64.8 Å². The molecule has 1 saturated heterocycles. The van der Waals surface area contributed by atoms with E-state index in [2.05, 4.69) is 20.6 Å². The lowest BCUT2D eigenvalue weighted by Crippen LogP contribution is -2.49. The Bertz CT molecular complexity index is 1310. The summed E-state index contributed by atoms with van der Waals surface area (Å²) >= 11 is 0. The number of carbonyl (C=O) groups excluding carboxylic acids is 1. The highest BCUT2D eigenvalue weighted by atomic mass is 32.2. The Morgan fingerprint density at radius 1 is 1.25 bits per heavy atom. The number of likely N-dealkylation sites (tertiary alicyclic amines) is 1. The Hall–Kier alpha value is -3.55. The zero-order valence-corrected chi connectivity index (χ0v) is 21.0. The van der Waals surface area contributed by atoms with Crippen molar-refractivity contribution in [2.45, 2.75) is 56.2 Å². The molecule has 0 spiro atoms. The number of piperidine rings is 1. The maximum Gasteiger partial charge on any atom is 0.410 e. The Labute approximate surface area is 207 Å². The number of benzene rings is 1. The number of carbonyl (C=O) groups is 1. The molecule has 14 heteroatoms. The Morgan fingerprint density at radius 2 is 1.94 bits per heavy atom. The number of aromatic nitrogens is 2. The first-order chi connectivity index (χ1) is 16.7. The third kappa shape index (κ3) is 5.32. The zero-order valence-electron chi connectivity index (χ0n) is 20.2. The van der Waals surface area contributed by atoms with Gasteiger partial charge in [-0.1, -0.05) is 0 Å². The molecule has 4 rings (SSSR count). The molecule has 2 aliphatic rings. The fourth-order valence-electron chi connectivity index (χ4n) is 4.59. The fourth-order valence-corrected chi connectivity index (χ4v) is 5.22. The Balaban J connectivity index is 1.58. The highest BCUT2D eigenvalue weighted by Gasteiger charge is 2.48. The Kier molecular flexibility index (Phi) is 6.49. The average Bonchev–Trinajstić information content (AvgIpc) is 3.34. The van der Waals surface area contributed by atoms with Crippen LogP contribution >= 0.6 is 0 Å². The minimum Gasteiger partial charge on any atom is -0.444 e. The third-order valence-corrected chi connectivity index (χ3v) is 7.17. The van der Waals surface area contributed by atoms with E-state index >= 15 is 0 Å². The molecule has 1 aromatic carbocycles. The minimum absolute atomic E-state index is 0.0765.